The molecule has 0 saturated heterocycles. The van der Waals surface area contributed by atoms with Crippen molar-refractivity contribution in [1.82, 2.24) is 20.3 Å². The van der Waals surface area contributed by atoms with Gasteiger partial charge in [0.1, 0.15) is 5.75 Å². The SMILES string of the molecule is Cc1ccnc(C(NC(=O)c2ncccc2O)C2CC2)n1. The molecule has 1 atom stereocenters. The molecule has 0 bridgehead atoms. The zero-order valence-electron chi connectivity index (χ0n) is 11.7. The average molecular weight is 284 g/mol. The first kappa shape index (κ1) is 13.5. The Bertz CT molecular complexity index is 670. The minimum atomic E-state index is -0.407. The molecule has 6 heteroatoms. The van der Waals surface area contributed by atoms with Crippen molar-refractivity contribution >= 4 is 5.91 Å². The molecule has 1 amide bonds. The van der Waals surface area contributed by atoms with E-state index < -0.39 is 5.91 Å². The number of aromatic nitrogens is 3. The quantitative estimate of drug-likeness (QED) is 0.893. The summed E-state index contributed by atoms with van der Waals surface area (Å²) in [6, 6.07) is 4.60. The van der Waals surface area contributed by atoms with E-state index in [2.05, 4.69) is 20.3 Å². The van der Waals surface area contributed by atoms with Crippen molar-refractivity contribution in [2.75, 3.05) is 0 Å². The molecule has 0 radical (unpaired) electrons. The van der Waals surface area contributed by atoms with Gasteiger partial charge >= 0.3 is 0 Å². The lowest BCUT2D eigenvalue weighted by Gasteiger charge is -2.17. The molecule has 1 unspecified atom stereocenters. The third-order valence-electron chi connectivity index (χ3n) is 3.47. The highest BCUT2D eigenvalue weighted by Gasteiger charge is 2.36. The summed E-state index contributed by atoms with van der Waals surface area (Å²) in [7, 11) is 0. The maximum absolute atomic E-state index is 12.3. The van der Waals surface area contributed by atoms with Gasteiger partial charge in [0.05, 0.1) is 6.04 Å². The normalized spacial score (nSPS) is 15.5. The number of pyridine rings is 1. The fourth-order valence-electron chi connectivity index (χ4n) is 2.22. The Hall–Kier alpha value is -2.50. The Labute approximate surface area is 122 Å². The van der Waals surface area contributed by atoms with Gasteiger partial charge in [0, 0.05) is 18.1 Å². The number of rotatable bonds is 4. The van der Waals surface area contributed by atoms with Gasteiger partial charge in [-0.25, -0.2) is 15.0 Å². The fourth-order valence-corrected chi connectivity index (χ4v) is 2.22. The molecule has 1 fully saturated rings. The number of aryl methyl sites for hydroxylation is 1. The molecule has 2 aromatic heterocycles. The first-order chi connectivity index (χ1) is 10.1. The number of carbonyl (C=O) groups excluding carboxylic acids is 1. The van der Waals surface area contributed by atoms with Crippen LogP contribution in [0.25, 0.3) is 0 Å². The number of nitrogens with zero attached hydrogens (tertiary/aromatic N) is 3. The number of hydrogen-bond acceptors (Lipinski definition) is 5. The number of carbonyl (C=O) groups is 1. The zero-order chi connectivity index (χ0) is 14.8. The van der Waals surface area contributed by atoms with Crippen LogP contribution in [0.1, 0.15) is 40.9 Å². The third-order valence-corrected chi connectivity index (χ3v) is 3.47. The van der Waals surface area contributed by atoms with Gasteiger partial charge in [-0.05, 0) is 43.9 Å². The molecular weight excluding hydrogens is 268 g/mol. The first-order valence-corrected chi connectivity index (χ1v) is 6.89. The maximum Gasteiger partial charge on any atom is 0.274 e. The van der Waals surface area contributed by atoms with Crippen LogP contribution < -0.4 is 5.32 Å². The van der Waals surface area contributed by atoms with Gasteiger partial charge in [0.2, 0.25) is 0 Å². The lowest BCUT2D eigenvalue weighted by molar-refractivity contribution is 0.0921. The number of aromatic hydroxyl groups is 1. The second kappa shape index (κ2) is 5.47. The van der Waals surface area contributed by atoms with Crippen LogP contribution in [-0.2, 0) is 0 Å². The summed E-state index contributed by atoms with van der Waals surface area (Å²) >= 11 is 0. The predicted octanol–water partition coefficient (Wildman–Crippen LogP) is 1.77. The van der Waals surface area contributed by atoms with Crippen LogP contribution in [-0.4, -0.2) is 26.0 Å². The monoisotopic (exact) mass is 284 g/mol. The Morgan fingerprint density at radius 1 is 1.33 bits per heavy atom. The van der Waals surface area contributed by atoms with E-state index in [0.29, 0.717) is 11.7 Å². The van der Waals surface area contributed by atoms with Crippen molar-refractivity contribution in [3.05, 3.63) is 47.8 Å². The minimum Gasteiger partial charge on any atom is -0.505 e. The Kier molecular flexibility index (Phi) is 3.51. The standard InChI is InChI=1S/C15H16N4O2/c1-9-6-8-17-14(18-9)12(10-4-5-10)19-15(21)13-11(20)3-2-7-16-13/h2-3,6-8,10,12,20H,4-5H2,1H3,(H,19,21). The molecule has 6 nitrogen and oxygen atoms in total. The molecule has 108 valence electrons. The molecule has 21 heavy (non-hydrogen) atoms. The summed E-state index contributed by atoms with van der Waals surface area (Å²) in [4.78, 5) is 24.9. The van der Waals surface area contributed by atoms with Gasteiger partial charge in [-0.15, -0.1) is 0 Å². The second-order valence-corrected chi connectivity index (χ2v) is 5.22. The molecule has 0 spiro atoms. The predicted molar refractivity (Wildman–Crippen MR) is 75.6 cm³/mol. The number of hydrogen-bond donors (Lipinski definition) is 2. The highest BCUT2D eigenvalue weighted by atomic mass is 16.3. The van der Waals surface area contributed by atoms with Gasteiger partial charge in [0.25, 0.3) is 5.91 Å². The lowest BCUT2D eigenvalue weighted by Crippen LogP contribution is -2.31. The van der Waals surface area contributed by atoms with E-state index in [4.69, 9.17) is 0 Å². The minimum absolute atomic E-state index is 0.0239. The molecule has 2 N–H and O–H groups in total. The summed E-state index contributed by atoms with van der Waals surface area (Å²) in [5.74, 6) is 0.424. The zero-order valence-corrected chi connectivity index (χ0v) is 11.7. The molecule has 0 aliphatic heterocycles. The molecule has 3 rings (SSSR count). The molecule has 0 aromatic carbocycles. The van der Waals surface area contributed by atoms with E-state index >= 15 is 0 Å². The van der Waals surface area contributed by atoms with Crippen LogP contribution in [0.4, 0.5) is 0 Å². The average Bonchev–Trinajstić information content (AvgIpc) is 3.29. The molecular formula is C15H16N4O2. The van der Waals surface area contributed by atoms with Crippen molar-refractivity contribution in [3.63, 3.8) is 0 Å². The van der Waals surface area contributed by atoms with Crippen LogP contribution in [0.15, 0.2) is 30.6 Å². The van der Waals surface area contributed by atoms with E-state index in [-0.39, 0.29) is 17.5 Å². The molecule has 1 aliphatic rings. The molecule has 2 aromatic rings. The maximum atomic E-state index is 12.3. The summed E-state index contributed by atoms with van der Waals surface area (Å²) in [6.45, 7) is 1.89. The summed E-state index contributed by atoms with van der Waals surface area (Å²) in [6.07, 6.45) is 5.24. The first-order valence-electron chi connectivity index (χ1n) is 6.89. The Balaban J connectivity index is 1.83. The smallest absolute Gasteiger partial charge is 0.274 e. The summed E-state index contributed by atoms with van der Waals surface area (Å²) in [5.41, 5.74) is 0.886. The fraction of sp³-hybridized carbons (Fsp3) is 0.333. The third kappa shape index (κ3) is 2.99. The highest BCUT2D eigenvalue weighted by molar-refractivity contribution is 5.94. The lowest BCUT2D eigenvalue weighted by atomic mass is 10.1. The Morgan fingerprint density at radius 2 is 2.14 bits per heavy atom. The molecule has 2 heterocycles. The number of amides is 1. The highest BCUT2D eigenvalue weighted by Crippen LogP contribution is 2.40. The topological polar surface area (TPSA) is 88.0 Å². The van der Waals surface area contributed by atoms with Gasteiger partial charge < -0.3 is 10.4 Å². The molecule has 1 aliphatic carbocycles. The largest absolute Gasteiger partial charge is 0.505 e. The van der Waals surface area contributed by atoms with Crippen molar-refractivity contribution in [2.24, 2.45) is 5.92 Å². The van der Waals surface area contributed by atoms with E-state index in [1.54, 1.807) is 12.3 Å². The van der Waals surface area contributed by atoms with E-state index in [9.17, 15) is 9.90 Å². The van der Waals surface area contributed by atoms with Gasteiger partial charge in [-0.1, -0.05) is 0 Å². The van der Waals surface area contributed by atoms with Crippen molar-refractivity contribution in [3.8, 4) is 5.75 Å². The van der Waals surface area contributed by atoms with Crippen LogP contribution in [0.2, 0.25) is 0 Å². The van der Waals surface area contributed by atoms with Crippen molar-refractivity contribution < 1.29 is 9.90 Å². The van der Waals surface area contributed by atoms with E-state index in [0.717, 1.165) is 18.5 Å². The van der Waals surface area contributed by atoms with Crippen molar-refractivity contribution in [2.45, 2.75) is 25.8 Å². The van der Waals surface area contributed by atoms with Crippen LogP contribution in [0.3, 0.4) is 0 Å². The van der Waals surface area contributed by atoms with E-state index in [1.165, 1.54) is 12.3 Å². The van der Waals surface area contributed by atoms with Crippen molar-refractivity contribution in [1.29, 1.82) is 0 Å². The van der Waals surface area contributed by atoms with Crippen LogP contribution in [0, 0.1) is 12.8 Å². The van der Waals surface area contributed by atoms with Gasteiger partial charge in [-0.3, -0.25) is 4.79 Å². The Morgan fingerprint density at radius 3 is 2.81 bits per heavy atom. The van der Waals surface area contributed by atoms with Crippen LogP contribution >= 0.6 is 0 Å². The number of nitrogens with one attached hydrogen (secondary N) is 1. The van der Waals surface area contributed by atoms with Gasteiger partial charge in [-0.2, -0.15) is 0 Å². The molecule has 1 saturated carbocycles. The van der Waals surface area contributed by atoms with E-state index in [1.807, 2.05) is 13.0 Å². The summed E-state index contributed by atoms with van der Waals surface area (Å²) < 4.78 is 0. The van der Waals surface area contributed by atoms with Gasteiger partial charge in [0.15, 0.2) is 11.5 Å². The summed E-state index contributed by atoms with van der Waals surface area (Å²) in [5, 5.41) is 12.6. The van der Waals surface area contributed by atoms with Crippen LogP contribution in [0.5, 0.6) is 5.75 Å². The second-order valence-electron chi connectivity index (χ2n) is 5.22.